The van der Waals surface area contributed by atoms with E-state index in [0.29, 0.717) is 11.8 Å². The van der Waals surface area contributed by atoms with Crippen LogP contribution in [0.2, 0.25) is 0 Å². The fourth-order valence-corrected chi connectivity index (χ4v) is 2.98. The van der Waals surface area contributed by atoms with Gasteiger partial charge in [0.25, 0.3) is 5.91 Å². The van der Waals surface area contributed by atoms with Crippen molar-refractivity contribution in [2.45, 2.75) is 6.92 Å². The third kappa shape index (κ3) is 1.95. The largest absolute Gasteiger partial charge is 0.338 e. The van der Waals surface area contributed by atoms with Crippen molar-refractivity contribution < 1.29 is 4.79 Å². The van der Waals surface area contributed by atoms with E-state index in [0.717, 1.165) is 37.3 Å². The molecule has 3 rings (SSSR count). The summed E-state index contributed by atoms with van der Waals surface area (Å²) in [6.45, 7) is 6.01. The summed E-state index contributed by atoms with van der Waals surface area (Å²) in [7, 11) is 0. The van der Waals surface area contributed by atoms with Gasteiger partial charge in [-0.1, -0.05) is 17.7 Å². The lowest BCUT2D eigenvalue weighted by molar-refractivity contribution is 0.0781. The smallest absolute Gasteiger partial charge is 0.253 e. The van der Waals surface area contributed by atoms with Gasteiger partial charge in [-0.2, -0.15) is 0 Å². The van der Waals surface area contributed by atoms with Crippen molar-refractivity contribution >= 4 is 5.91 Å². The summed E-state index contributed by atoms with van der Waals surface area (Å²) in [5.41, 5.74) is 1.98. The van der Waals surface area contributed by atoms with Gasteiger partial charge in [0, 0.05) is 31.7 Å². The first kappa shape index (κ1) is 10.8. The molecule has 1 N–H and O–H groups in total. The molecule has 0 saturated carbocycles. The zero-order chi connectivity index (χ0) is 11.8. The molecule has 0 radical (unpaired) electrons. The number of hydrogen-bond acceptors (Lipinski definition) is 2. The molecule has 2 fully saturated rings. The van der Waals surface area contributed by atoms with Crippen molar-refractivity contribution in [3.63, 3.8) is 0 Å². The molecule has 0 aromatic heterocycles. The van der Waals surface area contributed by atoms with Crippen LogP contribution in [0.25, 0.3) is 0 Å². The molecule has 2 aliphatic heterocycles. The molecule has 1 aromatic rings. The normalized spacial score (nSPS) is 27.2. The van der Waals surface area contributed by atoms with E-state index in [1.54, 1.807) is 0 Å². The van der Waals surface area contributed by atoms with Crippen LogP contribution in [0, 0.1) is 18.8 Å². The number of aryl methyl sites for hydroxylation is 1. The summed E-state index contributed by atoms with van der Waals surface area (Å²) in [5, 5.41) is 3.39. The Bertz CT molecular complexity index is 432. The van der Waals surface area contributed by atoms with Crippen LogP contribution in [0.4, 0.5) is 0 Å². The molecule has 2 atom stereocenters. The number of carbonyl (C=O) groups excluding carboxylic acids is 1. The van der Waals surface area contributed by atoms with Crippen LogP contribution in [0.3, 0.4) is 0 Å². The lowest BCUT2D eigenvalue weighted by atomic mass is 10.0. The fourth-order valence-electron chi connectivity index (χ4n) is 2.98. The molecule has 3 nitrogen and oxygen atoms in total. The Labute approximate surface area is 102 Å². The Balaban J connectivity index is 1.75. The van der Waals surface area contributed by atoms with Crippen LogP contribution in [-0.4, -0.2) is 37.0 Å². The highest BCUT2D eigenvalue weighted by Crippen LogP contribution is 2.27. The number of hydrogen-bond donors (Lipinski definition) is 1. The van der Waals surface area contributed by atoms with E-state index in [2.05, 4.69) is 5.32 Å². The van der Waals surface area contributed by atoms with Gasteiger partial charge in [-0.05, 0) is 30.9 Å². The standard InChI is InChI=1S/C14H18N2O/c1-10-3-2-4-11(5-10)14(17)16-8-12-6-15-7-13(12)9-16/h2-5,12-13,15H,6-9H2,1H3. The van der Waals surface area contributed by atoms with Crippen LogP contribution in [0.5, 0.6) is 0 Å². The van der Waals surface area contributed by atoms with Crippen LogP contribution in [-0.2, 0) is 0 Å². The summed E-state index contributed by atoms with van der Waals surface area (Å²) in [6, 6.07) is 7.89. The molecule has 2 unspecified atom stereocenters. The molecule has 17 heavy (non-hydrogen) atoms. The summed E-state index contributed by atoms with van der Waals surface area (Å²) in [4.78, 5) is 14.4. The minimum atomic E-state index is 0.197. The maximum atomic E-state index is 12.3. The summed E-state index contributed by atoms with van der Waals surface area (Å²) >= 11 is 0. The van der Waals surface area contributed by atoms with Gasteiger partial charge in [0.15, 0.2) is 0 Å². The Morgan fingerprint density at radius 1 is 1.29 bits per heavy atom. The Hall–Kier alpha value is -1.35. The first-order valence-electron chi connectivity index (χ1n) is 6.30. The number of fused-ring (bicyclic) bond motifs is 1. The molecular formula is C14H18N2O. The Morgan fingerprint density at radius 2 is 2.00 bits per heavy atom. The van der Waals surface area contributed by atoms with Gasteiger partial charge in [-0.15, -0.1) is 0 Å². The minimum Gasteiger partial charge on any atom is -0.338 e. The van der Waals surface area contributed by atoms with Crippen molar-refractivity contribution in [1.29, 1.82) is 0 Å². The van der Waals surface area contributed by atoms with E-state index in [-0.39, 0.29) is 5.91 Å². The maximum absolute atomic E-state index is 12.3. The van der Waals surface area contributed by atoms with Crippen LogP contribution >= 0.6 is 0 Å². The second kappa shape index (κ2) is 4.15. The van der Waals surface area contributed by atoms with E-state index < -0.39 is 0 Å². The number of amides is 1. The predicted molar refractivity (Wildman–Crippen MR) is 66.9 cm³/mol. The zero-order valence-corrected chi connectivity index (χ0v) is 10.1. The molecular weight excluding hydrogens is 212 g/mol. The van der Waals surface area contributed by atoms with Crippen molar-refractivity contribution in [3.05, 3.63) is 35.4 Å². The third-order valence-corrected chi connectivity index (χ3v) is 3.94. The summed E-state index contributed by atoms with van der Waals surface area (Å²) < 4.78 is 0. The van der Waals surface area contributed by atoms with Gasteiger partial charge in [0.1, 0.15) is 0 Å². The average Bonchev–Trinajstić information content (AvgIpc) is 2.88. The first-order valence-corrected chi connectivity index (χ1v) is 6.30. The SMILES string of the molecule is Cc1cccc(C(=O)N2CC3CNCC3C2)c1. The van der Waals surface area contributed by atoms with Gasteiger partial charge in [0.2, 0.25) is 0 Å². The summed E-state index contributed by atoms with van der Waals surface area (Å²) in [5.74, 6) is 1.54. The molecule has 0 aliphatic carbocycles. The van der Waals surface area contributed by atoms with E-state index >= 15 is 0 Å². The topological polar surface area (TPSA) is 32.3 Å². The zero-order valence-electron chi connectivity index (χ0n) is 10.1. The number of likely N-dealkylation sites (tertiary alicyclic amines) is 1. The number of nitrogens with zero attached hydrogens (tertiary/aromatic N) is 1. The Morgan fingerprint density at radius 3 is 2.65 bits per heavy atom. The van der Waals surface area contributed by atoms with E-state index in [1.807, 2.05) is 36.1 Å². The summed E-state index contributed by atoms with van der Waals surface area (Å²) in [6.07, 6.45) is 0. The number of nitrogens with one attached hydrogen (secondary N) is 1. The van der Waals surface area contributed by atoms with E-state index in [9.17, 15) is 4.79 Å². The van der Waals surface area contributed by atoms with Crippen molar-refractivity contribution in [3.8, 4) is 0 Å². The van der Waals surface area contributed by atoms with Crippen LogP contribution in [0.15, 0.2) is 24.3 Å². The van der Waals surface area contributed by atoms with Gasteiger partial charge < -0.3 is 10.2 Å². The van der Waals surface area contributed by atoms with Gasteiger partial charge in [0.05, 0.1) is 0 Å². The lowest BCUT2D eigenvalue weighted by Gasteiger charge is -2.17. The Kier molecular flexibility index (Phi) is 2.63. The molecule has 3 heteroatoms. The second-order valence-electron chi connectivity index (χ2n) is 5.26. The number of rotatable bonds is 1. The quantitative estimate of drug-likeness (QED) is 0.788. The minimum absolute atomic E-state index is 0.197. The molecule has 0 bridgehead atoms. The fraction of sp³-hybridized carbons (Fsp3) is 0.500. The first-order chi connectivity index (χ1) is 8.24. The van der Waals surface area contributed by atoms with Crippen LogP contribution < -0.4 is 5.32 Å². The monoisotopic (exact) mass is 230 g/mol. The van der Waals surface area contributed by atoms with Crippen molar-refractivity contribution in [2.75, 3.05) is 26.2 Å². The van der Waals surface area contributed by atoms with Crippen molar-refractivity contribution in [1.82, 2.24) is 10.2 Å². The molecule has 1 aromatic carbocycles. The van der Waals surface area contributed by atoms with Gasteiger partial charge in [-0.3, -0.25) is 4.79 Å². The maximum Gasteiger partial charge on any atom is 0.253 e. The second-order valence-corrected chi connectivity index (χ2v) is 5.26. The molecule has 0 spiro atoms. The van der Waals surface area contributed by atoms with Crippen molar-refractivity contribution in [2.24, 2.45) is 11.8 Å². The third-order valence-electron chi connectivity index (χ3n) is 3.94. The molecule has 90 valence electrons. The number of carbonyl (C=O) groups is 1. The lowest BCUT2D eigenvalue weighted by Crippen LogP contribution is -2.31. The molecule has 2 heterocycles. The molecule has 2 saturated heterocycles. The highest BCUT2D eigenvalue weighted by atomic mass is 16.2. The molecule has 1 amide bonds. The average molecular weight is 230 g/mol. The predicted octanol–water partition coefficient (Wildman–Crippen LogP) is 1.29. The van der Waals surface area contributed by atoms with E-state index in [1.165, 1.54) is 0 Å². The number of benzene rings is 1. The van der Waals surface area contributed by atoms with E-state index in [4.69, 9.17) is 0 Å². The highest BCUT2D eigenvalue weighted by molar-refractivity contribution is 5.94. The van der Waals surface area contributed by atoms with Gasteiger partial charge >= 0.3 is 0 Å². The highest BCUT2D eigenvalue weighted by Gasteiger charge is 2.38. The van der Waals surface area contributed by atoms with Crippen LogP contribution in [0.1, 0.15) is 15.9 Å². The molecule has 2 aliphatic rings. The van der Waals surface area contributed by atoms with Gasteiger partial charge in [-0.25, -0.2) is 0 Å².